The van der Waals surface area contributed by atoms with Crippen LogP contribution in [0.25, 0.3) is 0 Å². The van der Waals surface area contributed by atoms with E-state index in [4.69, 9.17) is 11.6 Å². The molecule has 0 bridgehead atoms. The van der Waals surface area contributed by atoms with Crippen LogP contribution < -0.4 is 0 Å². The van der Waals surface area contributed by atoms with Gasteiger partial charge in [0, 0.05) is 11.4 Å². The van der Waals surface area contributed by atoms with E-state index in [9.17, 15) is 9.90 Å². The van der Waals surface area contributed by atoms with Gasteiger partial charge in [-0.05, 0) is 37.1 Å². The predicted octanol–water partition coefficient (Wildman–Crippen LogP) is 2.57. The van der Waals surface area contributed by atoms with Crippen LogP contribution in [0.2, 0.25) is 5.02 Å². The number of benzene rings is 1. The second-order valence-corrected chi connectivity index (χ2v) is 3.41. The molecule has 0 aliphatic heterocycles. The third-order valence-corrected chi connectivity index (χ3v) is 2.02. The van der Waals surface area contributed by atoms with E-state index in [0.717, 1.165) is 5.56 Å². The molecule has 2 nitrogen and oxygen atoms in total. The topological polar surface area (TPSA) is 37.3 Å². The zero-order chi connectivity index (χ0) is 9.84. The second kappa shape index (κ2) is 4.28. The summed E-state index contributed by atoms with van der Waals surface area (Å²) < 4.78 is 0. The number of carbonyl (C=O) groups excluding carboxylic acids is 1. The maximum atomic E-state index is 10.7. The number of aryl methyl sites for hydroxylation is 1. The third kappa shape index (κ3) is 3.07. The minimum absolute atomic E-state index is 0.111. The van der Waals surface area contributed by atoms with E-state index < -0.39 is 0 Å². The zero-order valence-electron chi connectivity index (χ0n) is 7.38. The fourth-order valence-electron chi connectivity index (χ4n) is 1.07. The largest absolute Gasteiger partial charge is 0.508 e. The maximum absolute atomic E-state index is 10.7. The zero-order valence-corrected chi connectivity index (χ0v) is 8.14. The van der Waals surface area contributed by atoms with Gasteiger partial charge in [-0.25, -0.2) is 0 Å². The first-order chi connectivity index (χ1) is 6.09. The summed E-state index contributed by atoms with van der Waals surface area (Å²) in [5.41, 5.74) is 0.725. The molecule has 0 radical (unpaired) electrons. The van der Waals surface area contributed by atoms with Crippen LogP contribution in [0.15, 0.2) is 18.2 Å². The molecule has 0 saturated heterocycles. The molecule has 3 heteroatoms. The molecular weight excluding hydrogens is 188 g/mol. The number of rotatable bonds is 3. The Bertz CT molecular complexity index is 321. The van der Waals surface area contributed by atoms with Crippen molar-refractivity contribution in [1.29, 1.82) is 0 Å². The third-order valence-electron chi connectivity index (χ3n) is 1.79. The predicted molar refractivity (Wildman–Crippen MR) is 52.1 cm³/mol. The van der Waals surface area contributed by atoms with E-state index in [1.54, 1.807) is 12.1 Å². The molecule has 1 rings (SSSR count). The maximum Gasteiger partial charge on any atom is 0.130 e. The van der Waals surface area contributed by atoms with E-state index in [-0.39, 0.29) is 11.5 Å². The molecule has 0 atom stereocenters. The van der Waals surface area contributed by atoms with E-state index in [1.807, 2.05) is 0 Å². The van der Waals surface area contributed by atoms with Gasteiger partial charge in [-0.3, -0.25) is 0 Å². The van der Waals surface area contributed by atoms with Crippen LogP contribution in [0, 0.1) is 0 Å². The lowest BCUT2D eigenvalue weighted by Crippen LogP contribution is -1.94. The standard InChI is InChI=1S/C10H11ClO2/c1-7(12)2-3-8-6-9(11)4-5-10(8)13/h4-6,13H,2-3H2,1H3. The van der Waals surface area contributed by atoms with Crippen LogP contribution in [0.5, 0.6) is 5.75 Å². The molecule has 0 fully saturated rings. The van der Waals surface area contributed by atoms with Crippen LogP contribution in [-0.4, -0.2) is 10.9 Å². The molecule has 0 aliphatic rings. The quantitative estimate of drug-likeness (QED) is 0.811. The minimum atomic E-state index is 0.111. The number of phenols is 1. The normalized spacial score (nSPS) is 10.0. The summed E-state index contributed by atoms with van der Waals surface area (Å²) in [7, 11) is 0. The second-order valence-electron chi connectivity index (χ2n) is 2.98. The Morgan fingerprint density at radius 2 is 2.23 bits per heavy atom. The van der Waals surface area contributed by atoms with Crippen molar-refractivity contribution in [3.05, 3.63) is 28.8 Å². The Hall–Kier alpha value is -1.02. The summed E-state index contributed by atoms with van der Waals surface area (Å²) >= 11 is 5.74. The van der Waals surface area contributed by atoms with E-state index in [0.29, 0.717) is 17.9 Å². The van der Waals surface area contributed by atoms with Crippen molar-refractivity contribution in [2.45, 2.75) is 19.8 Å². The molecular formula is C10H11ClO2. The van der Waals surface area contributed by atoms with Crippen molar-refractivity contribution in [2.75, 3.05) is 0 Å². The highest BCUT2D eigenvalue weighted by molar-refractivity contribution is 6.30. The molecule has 70 valence electrons. The van der Waals surface area contributed by atoms with Crippen LogP contribution in [0.1, 0.15) is 18.9 Å². The summed E-state index contributed by atoms with van der Waals surface area (Å²) in [6.07, 6.45) is 0.982. The molecule has 0 spiro atoms. The number of Topliss-reactive ketones (excluding diaryl/α,β-unsaturated/α-hetero) is 1. The van der Waals surface area contributed by atoms with Gasteiger partial charge >= 0.3 is 0 Å². The number of phenolic OH excluding ortho intramolecular Hbond substituents is 1. The molecule has 13 heavy (non-hydrogen) atoms. The molecule has 0 heterocycles. The van der Waals surface area contributed by atoms with Gasteiger partial charge in [0.25, 0.3) is 0 Å². The highest BCUT2D eigenvalue weighted by Gasteiger charge is 2.03. The van der Waals surface area contributed by atoms with Crippen molar-refractivity contribution in [3.8, 4) is 5.75 Å². The van der Waals surface area contributed by atoms with Gasteiger partial charge in [-0.15, -0.1) is 0 Å². The molecule has 1 N–H and O–H groups in total. The summed E-state index contributed by atoms with van der Waals surface area (Å²) in [5.74, 6) is 0.310. The molecule has 0 amide bonds. The van der Waals surface area contributed by atoms with Crippen molar-refractivity contribution in [1.82, 2.24) is 0 Å². The van der Waals surface area contributed by atoms with E-state index in [1.165, 1.54) is 13.0 Å². The first-order valence-electron chi connectivity index (χ1n) is 4.06. The minimum Gasteiger partial charge on any atom is -0.508 e. The van der Waals surface area contributed by atoms with E-state index in [2.05, 4.69) is 0 Å². The average Bonchev–Trinajstić information content (AvgIpc) is 2.06. The molecule has 0 saturated carbocycles. The SMILES string of the molecule is CC(=O)CCc1cc(Cl)ccc1O. The van der Waals surface area contributed by atoms with Crippen molar-refractivity contribution in [3.63, 3.8) is 0 Å². The van der Waals surface area contributed by atoms with Gasteiger partial charge in [0.2, 0.25) is 0 Å². The summed E-state index contributed by atoms with van der Waals surface area (Å²) in [5, 5.41) is 9.96. The van der Waals surface area contributed by atoms with Crippen molar-refractivity contribution in [2.24, 2.45) is 0 Å². The van der Waals surface area contributed by atoms with Gasteiger partial charge in [-0.2, -0.15) is 0 Å². The fraction of sp³-hybridized carbons (Fsp3) is 0.300. The Morgan fingerprint density at radius 1 is 1.54 bits per heavy atom. The van der Waals surface area contributed by atoms with Crippen molar-refractivity contribution >= 4 is 17.4 Å². The molecule has 1 aromatic rings. The molecule has 1 aromatic carbocycles. The first kappa shape index (κ1) is 10.1. The van der Waals surface area contributed by atoms with Gasteiger partial charge in [0.05, 0.1) is 0 Å². The Balaban J connectivity index is 2.75. The highest BCUT2D eigenvalue weighted by Crippen LogP contribution is 2.22. The number of hydrogen-bond donors (Lipinski definition) is 1. The first-order valence-corrected chi connectivity index (χ1v) is 4.44. The summed E-state index contributed by atoms with van der Waals surface area (Å²) in [6, 6.07) is 4.84. The molecule has 0 unspecified atom stereocenters. The number of carbonyl (C=O) groups is 1. The van der Waals surface area contributed by atoms with E-state index >= 15 is 0 Å². The average molecular weight is 199 g/mol. The van der Waals surface area contributed by atoms with Crippen LogP contribution in [-0.2, 0) is 11.2 Å². The Labute approximate surface area is 82.2 Å². The molecule has 0 aliphatic carbocycles. The monoisotopic (exact) mass is 198 g/mol. The number of hydrogen-bond acceptors (Lipinski definition) is 2. The lowest BCUT2D eigenvalue weighted by molar-refractivity contribution is -0.116. The highest BCUT2D eigenvalue weighted by atomic mass is 35.5. The van der Waals surface area contributed by atoms with Crippen LogP contribution >= 0.6 is 11.6 Å². The van der Waals surface area contributed by atoms with Crippen molar-refractivity contribution < 1.29 is 9.90 Å². The summed E-state index contributed by atoms with van der Waals surface area (Å²) in [6.45, 7) is 1.53. The van der Waals surface area contributed by atoms with Gasteiger partial charge in [0.1, 0.15) is 11.5 Å². The smallest absolute Gasteiger partial charge is 0.130 e. The Kier molecular flexibility index (Phi) is 3.32. The van der Waals surface area contributed by atoms with Gasteiger partial charge in [-0.1, -0.05) is 11.6 Å². The lowest BCUT2D eigenvalue weighted by atomic mass is 10.1. The van der Waals surface area contributed by atoms with Gasteiger partial charge < -0.3 is 9.90 Å². The lowest BCUT2D eigenvalue weighted by Gasteiger charge is -2.02. The Morgan fingerprint density at radius 3 is 2.85 bits per heavy atom. The fourth-order valence-corrected chi connectivity index (χ4v) is 1.26. The van der Waals surface area contributed by atoms with Gasteiger partial charge in [0.15, 0.2) is 0 Å². The molecule has 0 aromatic heterocycles. The number of ketones is 1. The van der Waals surface area contributed by atoms with Crippen LogP contribution in [0.3, 0.4) is 0 Å². The number of aromatic hydroxyl groups is 1. The number of halogens is 1. The summed E-state index contributed by atoms with van der Waals surface area (Å²) in [4.78, 5) is 10.7. The van der Waals surface area contributed by atoms with Crippen LogP contribution in [0.4, 0.5) is 0 Å².